The van der Waals surface area contributed by atoms with E-state index in [-0.39, 0.29) is 6.61 Å². The predicted octanol–water partition coefficient (Wildman–Crippen LogP) is 0.490. The average Bonchev–Trinajstić information content (AvgIpc) is 1.97. The Kier molecular flexibility index (Phi) is 7.08. The minimum atomic E-state index is -2.10. The van der Waals surface area contributed by atoms with Crippen LogP contribution in [0.3, 0.4) is 0 Å². The van der Waals surface area contributed by atoms with E-state index in [0.717, 1.165) is 0 Å². The van der Waals surface area contributed by atoms with Crippen LogP contribution in [0.2, 0.25) is 5.32 Å². The third kappa shape index (κ3) is 6.10. The van der Waals surface area contributed by atoms with Crippen LogP contribution in [0, 0.1) is 0 Å². The molecule has 0 amide bonds. The molecule has 1 N–H and O–H groups in total. The molecule has 0 heterocycles. The van der Waals surface area contributed by atoms with Crippen molar-refractivity contribution in [2.24, 2.45) is 0 Å². The van der Waals surface area contributed by atoms with Gasteiger partial charge in [0.1, 0.15) is 0 Å². The molecule has 0 aliphatic rings. The minimum absolute atomic E-state index is 0.0830. The fourth-order valence-electron chi connectivity index (χ4n) is 0.365. The van der Waals surface area contributed by atoms with E-state index in [2.05, 4.69) is 6.58 Å². The molecule has 10 heavy (non-hydrogen) atoms. The molecule has 1 unspecified atom stereocenters. The first-order valence-electron chi connectivity index (χ1n) is 3.04. The fourth-order valence-corrected chi connectivity index (χ4v) is 1.90. The van der Waals surface area contributed by atoms with Crippen LogP contribution in [0.15, 0.2) is 12.7 Å². The molecular weight excluding hydrogens is 199 g/mol. The van der Waals surface area contributed by atoms with Gasteiger partial charge in [0.2, 0.25) is 0 Å². The van der Waals surface area contributed by atoms with Gasteiger partial charge >= 0.3 is 64.5 Å². The molecule has 3 nitrogen and oxygen atoms in total. The van der Waals surface area contributed by atoms with E-state index < -0.39 is 14.2 Å². The van der Waals surface area contributed by atoms with Gasteiger partial charge in [-0.2, -0.15) is 0 Å². The summed E-state index contributed by atoms with van der Waals surface area (Å²) in [6.45, 7) is 3.85. The second-order valence-electron chi connectivity index (χ2n) is 1.66. The van der Waals surface area contributed by atoms with E-state index in [0.29, 0.717) is 18.3 Å². The Morgan fingerprint density at radius 3 is 2.90 bits per heavy atom. The number of aliphatic hydroxyl groups excluding tert-OH is 1. The number of aliphatic hydroxyl groups is 1. The van der Waals surface area contributed by atoms with Gasteiger partial charge in [0, 0.05) is 0 Å². The molecule has 0 spiro atoms. The molecule has 1 atom stereocenters. The van der Waals surface area contributed by atoms with E-state index in [1.807, 2.05) is 0 Å². The van der Waals surface area contributed by atoms with Crippen LogP contribution in [0.5, 0.6) is 0 Å². The molecule has 4 heteroatoms. The molecule has 0 saturated heterocycles. The standard InChI is InChI=1S/C6H12O3Se/c1-2-5-9-10(8)6-3-4-7/h2,7H,1,3-6H2. The summed E-state index contributed by atoms with van der Waals surface area (Å²) in [5, 5.41) is 8.84. The first-order valence-corrected chi connectivity index (χ1v) is 5.65. The second kappa shape index (κ2) is 7.09. The normalized spacial score (nSPS) is 12.9. The van der Waals surface area contributed by atoms with E-state index in [4.69, 9.17) is 8.93 Å². The Morgan fingerprint density at radius 1 is 1.70 bits per heavy atom. The van der Waals surface area contributed by atoms with Gasteiger partial charge in [0.05, 0.1) is 0 Å². The molecule has 0 aliphatic carbocycles. The van der Waals surface area contributed by atoms with E-state index in [1.54, 1.807) is 6.08 Å². The Balaban J connectivity index is 3.16. The van der Waals surface area contributed by atoms with Crippen molar-refractivity contribution in [3.05, 3.63) is 12.7 Å². The van der Waals surface area contributed by atoms with Gasteiger partial charge < -0.3 is 0 Å². The SMILES string of the molecule is C=CCO[Se](=O)CCCO. The van der Waals surface area contributed by atoms with Crippen molar-refractivity contribution >= 4 is 14.2 Å². The molecule has 0 radical (unpaired) electrons. The first kappa shape index (κ1) is 9.98. The molecule has 0 aromatic heterocycles. The Hall–Kier alpha value is -0.0205. The number of rotatable bonds is 6. The summed E-state index contributed by atoms with van der Waals surface area (Å²) >= 11 is -2.10. The quantitative estimate of drug-likeness (QED) is 0.513. The molecule has 0 aromatic rings. The van der Waals surface area contributed by atoms with Crippen LogP contribution in [-0.4, -0.2) is 32.5 Å². The third-order valence-corrected chi connectivity index (χ3v) is 2.93. The molecule has 60 valence electrons. The summed E-state index contributed by atoms with van der Waals surface area (Å²) in [5.74, 6) is 0. The zero-order valence-corrected chi connectivity index (χ0v) is 7.50. The summed E-state index contributed by atoms with van der Waals surface area (Å²) in [7, 11) is 0. The Bertz CT molecular complexity index is 114. The van der Waals surface area contributed by atoms with Crippen molar-refractivity contribution in [1.29, 1.82) is 0 Å². The summed E-state index contributed by atoms with van der Waals surface area (Å²) in [4.78, 5) is 0. The van der Waals surface area contributed by atoms with Gasteiger partial charge in [-0.25, -0.2) is 0 Å². The van der Waals surface area contributed by atoms with Crippen LogP contribution >= 0.6 is 0 Å². The van der Waals surface area contributed by atoms with E-state index >= 15 is 0 Å². The van der Waals surface area contributed by atoms with Crippen LogP contribution in [-0.2, 0) is 7.65 Å². The first-order chi connectivity index (χ1) is 4.81. The van der Waals surface area contributed by atoms with E-state index in [1.165, 1.54) is 0 Å². The van der Waals surface area contributed by atoms with Gasteiger partial charge in [-0.05, 0) is 0 Å². The second-order valence-corrected chi connectivity index (χ2v) is 4.28. The van der Waals surface area contributed by atoms with Gasteiger partial charge in [0.25, 0.3) is 0 Å². The zero-order chi connectivity index (χ0) is 7.82. The number of hydrogen-bond acceptors (Lipinski definition) is 3. The molecule has 0 rings (SSSR count). The summed E-state index contributed by atoms with van der Waals surface area (Å²) in [6.07, 6.45) is 2.12. The molecule has 0 aliphatic heterocycles. The van der Waals surface area contributed by atoms with Crippen molar-refractivity contribution in [3.8, 4) is 0 Å². The molecule has 0 aromatic carbocycles. The fraction of sp³-hybridized carbons (Fsp3) is 0.667. The van der Waals surface area contributed by atoms with Crippen LogP contribution in [0.1, 0.15) is 6.42 Å². The predicted molar refractivity (Wildman–Crippen MR) is 39.1 cm³/mol. The maximum atomic E-state index is 10.8. The molecular formula is C6H12O3Se. The summed E-state index contributed by atoms with van der Waals surface area (Å²) in [5.41, 5.74) is 0. The molecule has 0 fully saturated rings. The Morgan fingerprint density at radius 2 is 2.40 bits per heavy atom. The molecule has 0 saturated carbocycles. The summed E-state index contributed by atoms with van der Waals surface area (Å²) < 4.78 is 15.6. The maximum absolute atomic E-state index is 10.8. The zero-order valence-electron chi connectivity index (χ0n) is 5.78. The van der Waals surface area contributed by atoms with Crippen LogP contribution in [0.25, 0.3) is 0 Å². The Labute approximate surface area is 65.1 Å². The van der Waals surface area contributed by atoms with Gasteiger partial charge in [0.15, 0.2) is 0 Å². The number of hydrogen-bond donors (Lipinski definition) is 1. The van der Waals surface area contributed by atoms with Gasteiger partial charge in [-0.3, -0.25) is 0 Å². The van der Waals surface area contributed by atoms with Crippen molar-refractivity contribution in [2.75, 3.05) is 13.2 Å². The molecule has 0 bridgehead atoms. The van der Waals surface area contributed by atoms with Crippen molar-refractivity contribution < 1.29 is 12.8 Å². The topological polar surface area (TPSA) is 46.5 Å². The van der Waals surface area contributed by atoms with E-state index in [9.17, 15) is 3.83 Å². The van der Waals surface area contributed by atoms with Crippen molar-refractivity contribution in [2.45, 2.75) is 11.7 Å². The van der Waals surface area contributed by atoms with Crippen LogP contribution < -0.4 is 0 Å². The van der Waals surface area contributed by atoms with Crippen LogP contribution in [0.4, 0.5) is 0 Å². The summed E-state index contributed by atoms with van der Waals surface area (Å²) in [6, 6.07) is 0. The van der Waals surface area contributed by atoms with Gasteiger partial charge in [-0.1, -0.05) is 0 Å². The van der Waals surface area contributed by atoms with Crippen molar-refractivity contribution in [3.63, 3.8) is 0 Å². The van der Waals surface area contributed by atoms with Crippen molar-refractivity contribution in [1.82, 2.24) is 0 Å². The van der Waals surface area contributed by atoms with Gasteiger partial charge in [-0.15, -0.1) is 0 Å². The third-order valence-electron chi connectivity index (χ3n) is 0.786. The average molecular weight is 211 g/mol. The monoisotopic (exact) mass is 212 g/mol.